The Morgan fingerprint density at radius 3 is 2.64 bits per heavy atom. The molecule has 1 fully saturated rings. The Morgan fingerprint density at radius 2 is 1.96 bits per heavy atom. The minimum atomic E-state index is -0.0927. The number of piperazine rings is 1. The molecule has 1 amide bonds. The zero-order valence-corrected chi connectivity index (χ0v) is 14.9. The number of carbonyl (C=O) groups excluding carboxylic acids is 1. The molecule has 6 heteroatoms. The molecule has 0 unspecified atom stereocenters. The summed E-state index contributed by atoms with van der Waals surface area (Å²) in [6, 6.07) is 12.4. The third kappa shape index (κ3) is 4.82. The van der Waals surface area contributed by atoms with Crippen molar-refractivity contribution in [3.05, 3.63) is 47.8 Å². The first-order valence-electron chi connectivity index (χ1n) is 9.11. The third-order valence-electron chi connectivity index (χ3n) is 4.67. The lowest BCUT2D eigenvalue weighted by atomic mass is 10.2. The number of nitrogens with zero attached hydrogens (tertiary/aromatic N) is 3. The van der Waals surface area contributed by atoms with Crippen LogP contribution < -0.4 is 10.2 Å². The molecule has 6 nitrogen and oxygen atoms in total. The Bertz CT molecular complexity index is 661. The highest BCUT2D eigenvalue weighted by Gasteiger charge is 2.16. The van der Waals surface area contributed by atoms with Crippen LogP contribution in [0.1, 0.15) is 29.5 Å². The zero-order valence-electron chi connectivity index (χ0n) is 14.9. The summed E-state index contributed by atoms with van der Waals surface area (Å²) in [5.74, 6) is -0.0927. The Morgan fingerprint density at radius 1 is 1.20 bits per heavy atom. The zero-order chi connectivity index (χ0) is 17.5. The monoisotopic (exact) mass is 341 g/mol. The number of carbonyl (C=O) groups is 1. The van der Waals surface area contributed by atoms with Crippen molar-refractivity contribution in [3.63, 3.8) is 0 Å². The van der Waals surface area contributed by atoms with Gasteiger partial charge in [-0.2, -0.15) is 5.10 Å². The van der Waals surface area contributed by atoms with Crippen LogP contribution in [0.2, 0.25) is 0 Å². The summed E-state index contributed by atoms with van der Waals surface area (Å²) in [6.45, 7) is 8.00. The van der Waals surface area contributed by atoms with Crippen molar-refractivity contribution in [2.75, 3.05) is 44.2 Å². The SMILES string of the molecule is CCc1cc(C(=O)NCCCN2CCN(c3ccccc3)CC2)n[nH]1. The molecule has 0 atom stereocenters. The molecule has 2 N–H and O–H groups in total. The van der Waals surface area contributed by atoms with Gasteiger partial charge < -0.3 is 10.2 Å². The van der Waals surface area contributed by atoms with E-state index in [0.29, 0.717) is 12.2 Å². The van der Waals surface area contributed by atoms with E-state index in [1.165, 1.54) is 5.69 Å². The highest BCUT2D eigenvalue weighted by Crippen LogP contribution is 2.15. The molecule has 2 heterocycles. The van der Waals surface area contributed by atoms with Crippen LogP contribution in [0.25, 0.3) is 0 Å². The van der Waals surface area contributed by atoms with Crippen LogP contribution in [-0.2, 0) is 6.42 Å². The summed E-state index contributed by atoms with van der Waals surface area (Å²) >= 11 is 0. The smallest absolute Gasteiger partial charge is 0.271 e. The number of amides is 1. The van der Waals surface area contributed by atoms with Gasteiger partial charge >= 0.3 is 0 Å². The Labute approximate surface area is 149 Å². The minimum Gasteiger partial charge on any atom is -0.369 e. The molecule has 1 aromatic carbocycles. The number of anilines is 1. The first-order valence-corrected chi connectivity index (χ1v) is 9.11. The maximum Gasteiger partial charge on any atom is 0.271 e. The quantitative estimate of drug-likeness (QED) is 0.755. The van der Waals surface area contributed by atoms with Gasteiger partial charge in [0.15, 0.2) is 0 Å². The van der Waals surface area contributed by atoms with Crippen LogP contribution in [0.15, 0.2) is 36.4 Å². The molecule has 0 aliphatic carbocycles. The van der Waals surface area contributed by atoms with Gasteiger partial charge in [-0.15, -0.1) is 0 Å². The van der Waals surface area contributed by atoms with Crippen LogP contribution in [0.3, 0.4) is 0 Å². The van der Waals surface area contributed by atoms with E-state index in [-0.39, 0.29) is 5.91 Å². The van der Waals surface area contributed by atoms with Crippen LogP contribution in [0, 0.1) is 0 Å². The Hall–Kier alpha value is -2.34. The van der Waals surface area contributed by atoms with Crippen molar-refractivity contribution in [2.45, 2.75) is 19.8 Å². The first kappa shape index (κ1) is 17.5. The van der Waals surface area contributed by atoms with Crippen molar-refractivity contribution >= 4 is 11.6 Å². The largest absolute Gasteiger partial charge is 0.369 e. The minimum absolute atomic E-state index is 0.0927. The van der Waals surface area contributed by atoms with Crippen molar-refractivity contribution < 1.29 is 4.79 Å². The lowest BCUT2D eigenvalue weighted by Gasteiger charge is -2.36. The highest BCUT2D eigenvalue weighted by atomic mass is 16.1. The van der Waals surface area contributed by atoms with Crippen LogP contribution >= 0.6 is 0 Å². The molecule has 1 saturated heterocycles. The van der Waals surface area contributed by atoms with E-state index in [9.17, 15) is 4.79 Å². The summed E-state index contributed by atoms with van der Waals surface area (Å²) in [7, 11) is 0. The fraction of sp³-hybridized carbons (Fsp3) is 0.474. The molecular weight excluding hydrogens is 314 g/mol. The molecule has 1 aromatic heterocycles. The van der Waals surface area contributed by atoms with Gasteiger partial charge in [0.1, 0.15) is 5.69 Å². The van der Waals surface area contributed by atoms with E-state index in [2.05, 4.69) is 55.6 Å². The number of hydrogen-bond acceptors (Lipinski definition) is 4. The van der Waals surface area contributed by atoms with Gasteiger partial charge in [0.2, 0.25) is 0 Å². The van der Waals surface area contributed by atoms with Gasteiger partial charge in [0.25, 0.3) is 5.91 Å². The van der Waals surface area contributed by atoms with Gasteiger partial charge in [0, 0.05) is 44.1 Å². The maximum atomic E-state index is 12.0. The second-order valence-electron chi connectivity index (χ2n) is 6.41. The van der Waals surface area contributed by atoms with Crippen LogP contribution in [-0.4, -0.2) is 60.3 Å². The molecular formula is C19H27N5O. The predicted molar refractivity (Wildman–Crippen MR) is 100 cm³/mol. The summed E-state index contributed by atoms with van der Waals surface area (Å²) < 4.78 is 0. The molecule has 0 bridgehead atoms. The topological polar surface area (TPSA) is 64.3 Å². The summed E-state index contributed by atoms with van der Waals surface area (Å²) in [4.78, 5) is 16.9. The van der Waals surface area contributed by atoms with Gasteiger partial charge in [-0.3, -0.25) is 14.8 Å². The average Bonchev–Trinajstić information content (AvgIpc) is 3.16. The third-order valence-corrected chi connectivity index (χ3v) is 4.67. The normalized spacial score (nSPS) is 15.3. The molecule has 2 aromatic rings. The van der Waals surface area contributed by atoms with Gasteiger partial charge in [-0.1, -0.05) is 25.1 Å². The van der Waals surface area contributed by atoms with E-state index in [1.54, 1.807) is 0 Å². The maximum absolute atomic E-state index is 12.0. The molecule has 0 spiro atoms. The fourth-order valence-corrected chi connectivity index (χ4v) is 3.12. The number of rotatable bonds is 7. The summed E-state index contributed by atoms with van der Waals surface area (Å²) in [5.41, 5.74) is 2.77. The van der Waals surface area contributed by atoms with Gasteiger partial charge in [0.05, 0.1) is 0 Å². The molecule has 0 radical (unpaired) electrons. The highest BCUT2D eigenvalue weighted by molar-refractivity contribution is 5.92. The number of aryl methyl sites for hydroxylation is 1. The van der Waals surface area contributed by atoms with Crippen LogP contribution in [0.5, 0.6) is 0 Å². The number of hydrogen-bond donors (Lipinski definition) is 2. The Balaban J connectivity index is 1.33. The van der Waals surface area contributed by atoms with Gasteiger partial charge in [-0.25, -0.2) is 0 Å². The molecule has 1 aliphatic rings. The van der Waals surface area contributed by atoms with Gasteiger partial charge in [-0.05, 0) is 37.6 Å². The summed E-state index contributed by atoms with van der Waals surface area (Å²) in [6.07, 6.45) is 1.82. The average molecular weight is 341 g/mol. The Kier molecular flexibility index (Phi) is 6.06. The van der Waals surface area contributed by atoms with E-state index < -0.39 is 0 Å². The van der Waals surface area contributed by atoms with Crippen molar-refractivity contribution in [2.24, 2.45) is 0 Å². The van der Waals surface area contributed by atoms with Crippen molar-refractivity contribution in [1.29, 1.82) is 0 Å². The number of H-pyrrole nitrogens is 1. The number of nitrogens with one attached hydrogen (secondary N) is 2. The van der Waals surface area contributed by atoms with Crippen LogP contribution in [0.4, 0.5) is 5.69 Å². The van der Waals surface area contributed by atoms with E-state index in [0.717, 1.165) is 51.3 Å². The molecule has 134 valence electrons. The number of aromatic amines is 1. The predicted octanol–water partition coefficient (Wildman–Crippen LogP) is 1.91. The molecule has 0 saturated carbocycles. The lowest BCUT2D eigenvalue weighted by Crippen LogP contribution is -2.47. The van der Waals surface area contributed by atoms with E-state index >= 15 is 0 Å². The molecule has 1 aliphatic heterocycles. The molecule has 25 heavy (non-hydrogen) atoms. The fourth-order valence-electron chi connectivity index (χ4n) is 3.12. The van der Waals surface area contributed by atoms with E-state index in [4.69, 9.17) is 0 Å². The lowest BCUT2D eigenvalue weighted by molar-refractivity contribution is 0.0946. The van der Waals surface area contributed by atoms with E-state index in [1.807, 2.05) is 13.0 Å². The molecule has 3 rings (SSSR count). The number of para-hydroxylation sites is 1. The van der Waals surface area contributed by atoms with Crippen molar-refractivity contribution in [1.82, 2.24) is 20.4 Å². The number of benzene rings is 1. The second kappa shape index (κ2) is 8.67. The first-order chi connectivity index (χ1) is 12.3. The second-order valence-corrected chi connectivity index (χ2v) is 6.41. The summed E-state index contributed by atoms with van der Waals surface area (Å²) in [5, 5.41) is 9.86. The van der Waals surface area contributed by atoms with Crippen molar-refractivity contribution in [3.8, 4) is 0 Å². The number of aromatic nitrogens is 2. The standard InChI is InChI=1S/C19H27N5O/c1-2-16-15-18(22-21-16)19(25)20-9-6-10-23-11-13-24(14-12-23)17-7-4-3-5-8-17/h3-5,7-8,15H,2,6,9-14H2,1H3,(H,20,25)(H,21,22).